The molecule has 0 amide bonds. The van der Waals surface area contributed by atoms with Crippen LogP contribution in [0.4, 0.5) is 0 Å². The predicted octanol–water partition coefficient (Wildman–Crippen LogP) is 3.57. The molecule has 2 aromatic heterocycles. The van der Waals surface area contributed by atoms with Crippen LogP contribution in [-0.2, 0) is 5.75 Å². The summed E-state index contributed by atoms with van der Waals surface area (Å²) < 4.78 is 8.27. The fraction of sp³-hybridized carbons (Fsp3) is 0.125. The van der Waals surface area contributed by atoms with Crippen molar-refractivity contribution in [2.24, 2.45) is 0 Å². The third kappa shape index (κ3) is 2.85. The molecule has 24 heavy (non-hydrogen) atoms. The van der Waals surface area contributed by atoms with Crippen LogP contribution in [0.2, 0.25) is 0 Å². The molecule has 2 aromatic carbocycles. The average Bonchev–Trinajstić information content (AvgIpc) is 3.26. The zero-order chi connectivity index (χ0) is 16.4. The summed E-state index contributed by atoms with van der Waals surface area (Å²) in [7, 11) is 1.64. The van der Waals surface area contributed by atoms with E-state index in [2.05, 4.69) is 26.6 Å². The lowest BCUT2D eigenvalue weighted by atomic mass is 10.3. The fourth-order valence-corrected chi connectivity index (χ4v) is 4.18. The van der Waals surface area contributed by atoms with E-state index in [1.165, 1.54) is 4.70 Å². The molecule has 0 aliphatic heterocycles. The van der Waals surface area contributed by atoms with Crippen molar-refractivity contribution < 1.29 is 4.74 Å². The smallest absolute Gasteiger partial charge is 0.214 e. The van der Waals surface area contributed by atoms with Crippen LogP contribution >= 0.6 is 23.1 Å². The van der Waals surface area contributed by atoms with E-state index in [4.69, 9.17) is 4.74 Å². The minimum Gasteiger partial charge on any atom is -0.494 e. The largest absolute Gasteiger partial charge is 0.494 e. The second-order valence-corrected chi connectivity index (χ2v) is 6.97. The van der Waals surface area contributed by atoms with Gasteiger partial charge in [-0.05, 0) is 34.7 Å². The van der Waals surface area contributed by atoms with E-state index in [9.17, 15) is 0 Å². The highest BCUT2D eigenvalue weighted by molar-refractivity contribution is 7.98. The number of hydrogen-bond acceptors (Lipinski definition) is 7. The standard InChI is InChI=1S/C16H13N5OS2/c1-22-13-8-4-3-7-12(13)21-16(18-19-20-21)23-10-15-17-11-6-2-5-9-14(11)24-15/h2-9H,10H2,1H3. The van der Waals surface area contributed by atoms with Crippen molar-refractivity contribution in [2.75, 3.05) is 7.11 Å². The predicted molar refractivity (Wildman–Crippen MR) is 94.9 cm³/mol. The van der Waals surface area contributed by atoms with Crippen molar-refractivity contribution >= 4 is 33.3 Å². The Hall–Kier alpha value is -2.45. The lowest BCUT2D eigenvalue weighted by Crippen LogP contribution is -2.01. The van der Waals surface area contributed by atoms with Crippen LogP contribution in [0.15, 0.2) is 53.7 Å². The zero-order valence-electron chi connectivity index (χ0n) is 12.8. The van der Waals surface area contributed by atoms with Gasteiger partial charge in [-0.3, -0.25) is 0 Å². The second-order valence-electron chi connectivity index (χ2n) is 4.91. The molecule has 0 bridgehead atoms. The van der Waals surface area contributed by atoms with Crippen LogP contribution in [0.1, 0.15) is 5.01 Å². The SMILES string of the molecule is COc1ccccc1-n1nnnc1SCc1nc2ccccc2s1. The van der Waals surface area contributed by atoms with Crippen LogP contribution in [0, 0.1) is 0 Å². The van der Waals surface area contributed by atoms with Crippen molar-refractivity contribution in [1.29, 1.82) is 0 Å². The van der Waals surface area contributed by atoms with Crippen molar-refractivity contribution in [3.63, 3.8) is 0 Å². The van der Waals surface area contributed by atoms with Crippen LogP contribution in [-0.4, -0.2) is 32.3 Å². The molecule has 0 atom stereocenters. The second kappa shape index (κ2) is 6.58. The third-order valence-corrected chi connectivity index (χ3v) is 5.57. The van der Waals surface area contributed by atoms with Crippen molar-refractivity contribution in [2.45, 2.75) is 10.9 Å². The minimum atomic E-state index is 0.707. The highest BCUT2D eigenvalue weighted by Gasteiger charge is 2.14. The summed E-state index contributed by atoms with van der Waals surface area (Å²) in [5, 5.41) is 13.8. The van der Waals surface area contributed by atoms with Crippen molar-refractivity contribution in [3.05, 3.63) is 53.5 Å². The Kier molecular flexibility index (Phi) is 4.14. The maximum absolute atomic E-state index is 5.39. The molecule has 4 rings (SSSR count). The monoisotopic (exact) mass is 355 g/mol. The number of aromatic nitrogens is 5. The Morgan fingerprint density at radius 2 is 1.96 bits per heavy atom. The Morgan fingerprint density at radius 1 is 1.12 bits per heavy atom. The first-order valence-corrected chi connectivity index (χ1v) is 9.04. The minimum absolute atomic E-state index is 0.707. The number of thiazole rings is 1. The lowest BCUT2D eigenvalue weighted by molar-refractivity contribution is 0.410. The van der Waals surface area contributed by atoms with Gasteiger partial charge in [0.2, 0.25) is 5.16 Å². The first-order valence-electron chi connectivity index (χ1n) is 7.24. The molecule has 0 unspecified atom stereocenters. The van der Waals surface area contributed by atoms with Crippen LogP contribution in [0.3, 0.4) is 0 Å². The van der Waals surface area contributed by atoms with E-state index < -0.39 is 0 Å². The molecule has 0 aliphatic rings. The Labute approximate surface area is 146 Å². The molecule has 0 spiro atoms. The van der Waals surface area contributed by atoms with E-state index in [-0.39, 0.29) is 0 Å². The van der Waals surface area contributed by atoms with Gasteiger partial charge in [0.25, 0.3) is 0 Å². The summed E-state index contributed by atoms with van der Waals surface area (Å²) in [6.07, 6.45) is 0. The van der Waals surface area contributed by atoms with Crippen LogP contribution in [0.5, 0.6) is 5.75 Å². The maximum atomic E-state index is 5.39. The Morgan fingerprint density at radius 3 is 2.83 bits per heavy atom. The van der Waals surface area contributed by atoms with Gasteiger partial charge in [0.15, 0.2) is 0 Å². The molecule has 0 N–H and O–H groups in total. The molecular weight excluding hydrogens is 342 g/mol. The number of benzene rings is 2. The molecule has 0 radical (unpaired) electrons. The molecular formula is C16H13N5OS2. The van der Waals surface area contributed by atoms with E-state index in [1.807, 2.05) is 42.5 Å². The van der Waals surface area contributed by atoms with Crippen LogP contribution < -0.4 is 4.74 Å². The topological polar surface area (TPSA) is 65.7 Å². The number of thioether (sulfide) groups is 1. The molecule has 120 valence electrons. The average molecular weight is 355 g/mol. The number of tetrazole rings is 1. The quantitative estimate of drug-likeness (QED) is 0.510. The highest BCUT2D eigenvalue weighted by atomic mass is 32.2. The van der Waals surface area contributed by atoms with E-state index >= 15 is 0 Å². The number of para-hydroxylation sites is 3. The van der Waals surface area contributed by atoms with Gasteiger partial charge < -0.3 is 4.74 Å². The third-order valence-electron chi connectivity index (χ3n) is 3.42. The first kappa shape index (κ1) is 15.1. The summed E-state index contributed by atoms with van der Waals surface area (Å²) in [4.78, 5) is 4.64. The summed E-state index contributed by atoms with van der Waals surface area (Å²) >= 11 is 3.25. The zero-order valence-corrected chi connectivity index (χ0v) is 14.4. The van der Waals surface area contributed by atoms with Gasteiger partial charge in [0.1, 0.15) is 16.4 Å². The highest BCUT2D eigenvalue weighted by Crippen LogP contribution is 2.30. The summed E-state index contributed by atoms with van der Waals surface area (Å²) in [6, 6.07) is 15.8. The molecule has 0 fully saturated rings. The van der Waals surface area contributed by atoms with Gasteiger partial charge in [0.05, 0.1) is 23.1 Å². The summed E-state index contributed by atoms with van der Waals surface area (Å²) in [5.74, 6) is 1.45. The lowest BCUT2D eigenvalue weighted by Gasteiger charge is -2.08. The molecule has 6 nitrogen and oxygen atoms in total. The number of nitrogens with zero attached hydrogens (tertiary/aromatic N) is 5. The first-order chi connectivity index (χ1) is 11.8. The van der Waals surface area contributed by atoms with E-state index in [0.717, 1.165) is 27.7 Å². The number of rotatable bonds is 5. The fourth-order valence-electron chi connectivity index (χ4n) is 2.33. The van der Waals surface area contributed by atoms with Gasteiger partial charge in [-0.15, -0.1) is 16.4 Å². The molecule has 0 aliphatic carbocycles. The molecule has 4 aromatic rings. The van der Waals surface area contributed by atoms with Crippen LogP contribution in [0.25, 0.3) is 15.9 Å². The Bertz CT molecular complexity index is 948. The number of fused-ring (bicyclic) bond motifs is 1. The maximum Gasteiger partial charge on any atom is 0.214 e. The Balaban J connectivity index is 1.59. The van der Waals surface area contributed by atoms with Gasteiger partial charge in [-0.1, -0.05) is 36.0 Å². The molecule has 8 heteroatoms. The van der Waals surface area contributed by atoms with E-state index in [0.29, 0.717) is 5.16 Å². The van der Waals surface area contributed by atoms with Crippen molar-refractivity contribution in [1.82, 2.24) is 25.2 Å². The molecule has 0 saturated carbocycles. The van der Waals surface area contributed by atoms with Gasteiger partial charge in [0, 0.05) is 0 Å². The number of hydrogen-bond donors (Lipinski definition) is 0. The van der Waals surface area contributed by atoms with E-state index in [1.54, 1.807) is 34.9 Å². The number of methoxy groups -OCH3 is 1. The van der Waals surface area contributed by atoms with Crippen molar-refractivity contribution in [3.8, 4) is 11.4 Å². The summed E-state index contributed by atoms with van der Waals surface area (Å²) in [5.41, 5.74) is 1.85. The normalized spacial score (nSPS) is 11.0. The van der Waals surface area contributed by atoms with Gasteiger partial charge >= 0.3 is 0 Å². The van der Waals surface area contributed by atoms with Gasteiger partial charge in [-0.2, -0.15) is 4.68 Å². The molecule has 2 heterocycles. The van der Waals surface area contributed by atoms with Gasteiger partial charge in [-0.25, -0.2) is 4.98 Å². The molecule has 0 saturated heterocycles. The summed E-state index contributed by atoms with van der Waals surface area (Å²) in [6.45, 7) is 0. The number of ether oxygens (including phenoxy) is 1.